The molecule has 17 heavy (non-hydrogen) atoms. The highest BCUT2D eigenvalue weighted by atomic mass is 28.3. The summed E-state index contributed by atoms with van der Waals surface area (Å²) in [6.07, 6.45) is 0. The van der Waals surface area contributed by atoms with Gasteiger partial charge in [-0.05, 0) is 12.1 Å². The molecule has 0 bridgehead atoms. The van der Waals surface area contributed by atoms with Crippen LogP contribution >= 0.6 is 0 Å². The van der Waals surface area contributed by atoms with Crippen LogP contribution in [0.5, 0.6) is 0 Å². The van der Waals surface area contributed by atoms with Crippen molar-refractivity contribution in [1.82, 2.24) is 4.57 Å². The highest BCUT2D eigenvalue weighted by Crippen LogP contribution is 2.26. The minimum absolute atomic E-state index is 0.370. The number of hydrogen-bond donors (Lipinski definition) is 0. The van der Waals surface area contributed by atoms with Crippen LogP contribution in [0.3, 0.4) is 0 Å². The summed E-state index contributed by atoms with van der Waals surface area (Å²) in [7, 11) is 1.78. The van der Waals surface area contributed by atoms with Crippen LogP contribution < -0.4 is 5.19 Å². The van der Waals surface area contributed by atoms with E-state index < -0.39 is 0 Å². The van der Waals surface area contributed by atoms with Gasteiger partial charge in [0.25, 0.3) is 0 Å². The molecular weight excluding hydrogens is 222 g/mol. The number of benzene rings is 2. The summed E-state index contributed by atoms with van der Waals surface area (Å²) in [5.41, 5.74) is 2.65. The number of hydrogen-bond acceptors (Lipinski definition) is 0. The zero-order valence-electron chi connectivity index (χ0n) is 10.5. The van der Waals surface area contributed by atoms with E-state index in [1.54, 1.807) is 0 Å². The molecule has 1 radical (unpaired) electrons. The molecule has 3 rings (SSSR count). The number of para-hydroxylation sites is 1. The number of aromatic nitrogens is 1. The van der Waals surface area contributed by atoms with Gasteiger partial charge in [-0.25, -0.2) is 0 Å². The van der Waals surface area contributed by atoms with E-state index in [2.05, 4.69) is 67.2 Å². The van der Waals surface area contributed by atoms with E-state index in [9.17, 15) is 0 Å². The maximum atomic E-state index is 2.38. The van der Waals surface area contributed by atoms with Crippen LogP contribution in [0.4, 0.5) is 0 Å². The van der Waals surface area contributed by atoms with Gasteiger partial charge in [0.15, 0.2) is 0 Å². The normalized spacial score (nSPS) is 11.8. The Balaban J connectivity index is 2.46. The van der Waals surface area contributed by atoms with Gasteiger partial charge in [0.1, 0.15) is 0 Å². The van der Waals surface area contributed by atoms with E-state index in [0.717, 1.165) is 0 Å². The molecule has 0 aliphatic carbocycles. The van der Waals surface area contributed by atoms with Crippen molar-refractivity contribution >= 4 is 35.8 Å². The molecule has 0 saturated heterocycles. The Morgan fingerprint density at radius 1 is 0.882 bits per heavy atom. The van der Waals surface area contributed by atoms with Gasteiger partial charge in [0.05, 0.1) is 8.80 Å². The van der Waals surface area contributed by atoms with Crippen molar-refractivity contribution in [3.63, 3.8) is 0 Å². The lowest BCUT2D eigenvalue weighted by Gasteiger charge is -2.04. The monoisotopic (exact) mass is 238 g/mol. The van der Waals surface area contributed by atoms with Gasteiger partial charge < -0.3 is 4.57 Å². The maximum absolute atomic E-state index is 2.38. The molecule has 0 amide bonds. The minimum atomic E-state index is -0.370. The van der Waals surface area contributed by atoms with Crippen molar-refractivity contribution in [2.24, 2.45) is 7.05 Å². The molecule has 2 aromatic carbocycles. The minimum Gasteiger partial charge on any atom is -0.344 e. The van der Waals surface area contributed by atoms with Gasteiger partial charge in [-0.1, -0.05) is 48.6 Å². The summed E-state index contributed by atoms with van der Waals surface area (Å²) in [6, 6.07) is 15.6. The lowest BCUT2D eigenvalue weighted by molar-refractivity contribution is 1.01. The number of aryl methyl sites for hydroxylation is 1. The lowest BCUT2D eigenvalue weighted by atomic mass is 10.1. The van der Waals surface area contributed by atoms with Gasteiger partial charge in [-0.15, -0.1) is 0 Å². The van der Waals surface area contributed by atoms with E-state index in [1.165, 1.54) is 27.0 Å². The molecule has 0 aliphatic heterocycles. The van der Waals surface area contributed by atoms with Crippen molar-refractivity contribution in [1.29, 1.82) is 0 Å². The van der Waals surface area contributed by atoms with Crippen LogP contribution in [0.2, 0.25) is 13.1 Å². The predicted molar refractivity (Wildman–Crippen MR) is 77.5 cm³/mol. The highest BCUT2D eigenvalue weighted by molar-refractivity contribution is 6.71. The molecular formula is C15H16NSi. The molecule has 0 unspecified atom stereocenters. The molecule has 0 fully saturated rings. The molecule has 0 N–H and O–H groups in total. The number of nitrogens with zero attached hydrogens (tertiary/aromatic N) is 1. The van der Waals surface area contributed by atoms with Crippen molar-refractivity contribution in [3.05, 3.63) is 42.5 Å². The predicted octanol–water partition coefficient (Wildman–Crippen LogP) is 3.29. The largest absolute Gasteiger partial charge is 0.344 e. The third-order valence-corrected chi connectivity index (χ3v) is 4.96. The third kappa shape index (κ3) is 1.52. The van der Waals surface area contributed by atoms with E-state index in [0.29, 0.717) is 0 Å². The Morgan fingerprint density at radius 3 is 2.35 bits per heavy atom. The summed E-state index contributed by atoms with van der Waals surface area (Å²) in [5.74, 6) is 0. The molecule has 0 spiro atoms. The van der Waals surface area contributed by atoms with Gasteiger partial charge in [-0.2, -0.15) is 0 Å². The summed E-state index contributed by atoms with van der Waals surface area (Å²) < 4.78 is 2.28. The fourth-order valence-electron chi connectivity index (χ4n) is 2.48. The van der Waals surface area contributed by atoms with Crippen molar-refractivity contribution in [2.45, 2.75) is 13.1 Å². The Hall–Kier alpha value is -1.54. The number of fused-ring (bicyclic) bond motifs is 3. The molecule has 1 heterocycles. The van der Waals surface area contributed by atoms with E-state index in [1.807, 2.05) is 0 Å². The van der Waals surface area contributed by atoms with Crippen LogP contribution in [0.25, 0.3) is 21.8 Å². The molecule has 2 heteroatoms. The molecule has 3 aromatic rings. The van der Waals surface area contributed by atoms with E-state index in [-0.39, 0.29) is 8.80 Å². The van der Waals surface area contributed by atoms with Crippen molar-refractivity contribution in [3.8, 4) is 0 Å². The third-order valence-electron chi connectivity index (χ3n) is 3.49. The van der Waals surface area contributed by atoms with Crippen LogP contribution in [-0.4, -0.2) is 13.4 Å². The van der Waals surface area contributed by atoms with Crippen molar-refractivity contribution < 1.29 is 0 Å². The van der Waals surface area contributed by atoms with Gasteiger partial charge in [0, 0.05) is 28.9 Å². The molecule has 0 atom stereocenters. The zero-order chi connectivity index (χ0) is 12.0. The summed E-state index contributed by atoms with van der Waals surface area (Å²) in [5, 5.41) is 4.28. The molecule has 1 nitrogen and oxygen atoms in total. The molecule has 0 saturated carbocycles. The first-order valence-electron chi connectivity index (χ1n) is 5.96. The standard InChI is InChI=1S/C15H16NSi/c1-16-14-7-5-4-6-12(14)13-10-11(17(2)3)8-9-15(13)16/h4-10H,1-3H3. The maximum Gasteiger partial charge on any atom is 0.0791 e. The zero-order valence-corrected chi connectivity index (χ0v) is 11.5. The summed E-state index contributed by atoms with van der Waals surface area (Å²) in [6.45, 7) is 4.69. The van der Waals surface area contributed by atoms with Crippen LogP contribution in [0.15, 0.2) is 42.5 Å². The van der Waals surface area contributed by atoms with Crippen molar-refractivity contribution in [2.75, 3.05) is 0 Å². The molecule has 0 aliphatic rings. The van der Waals surface area contributed by atoms with E-state index in [4.69, 9.17) is 0 Å². The topological polar surface area (TPSA) is 4.93 Å². The quantitative estimate of drug-likeness (QED) is 0.573. The first kappa shape index (κ1) is 10.6. The Bertz CT molecular complexity index is 695. The van der Waals surface area contributed by atoms with Gasteiger partial charge >= 0.3 is 0 Å². The fourth-order valence-corrected chi connectivity index (χ4v) is 3.33. The average Bonchev–Trinajstić information content (AvgIpc) is 2.64. The Labute approximate surface area is 103 Å². The highest BCUT2D eigenvalue weighted by Gasteiger charge is 2.09. The molecule has 1 aromatic heterocycles. The average molecular weight is 238 g/mol. The first-order chi connectivity index (χ1) is 8.18. The van der Waals surface area contributed by atoms with Gasteiger partial charge in [0.2, 0.25) is 0 Å². The fraction of sp³-hybridized carbons (Fsp3) is 0.200. The Morgan fingerprint density at radius 2 is 1.59 bits per heavy atom. The lowest BCUT2D eigenvalue weighted by Crippen LogP contribution is -2.21. The smallest absolute Gasteiger partial charge is 0.0791 e. The van der Waals surface area contributed by atoms with Gasteiger partial charge in [-0.3, -0.25) is 0 Å². The van der Waals surface area contributed by atoms with E-state index >= 15 is 0 Å². The second kappa shape index (κ2) is 3.74. The number of rotatable bonds is 1. The van der Waals surface area contributed by atoms with Crippen LogP contribution in [0.1, 0.15) is 0 Å². The molecule has 85 valence electrons. The second-order valence-corrected chi connectivity index (χ2v) is 7.39. The Kier molecular flexibility index (Phi) is 2.33. The first-order valence-corrected chi connectivity index (χ1v) is 8.46. The second-order valence-electron chi connectivity index (χ2n) is 4.81. The summed E-state index contributed by atoms with van der Waals surface area (Å²) >= 11 is 0. The SMILES string of the molecule is Cn1c2ccccc2c2cc([Si](C)C)ccc21. The summed E-state index contributed by atoms with van der Waals surface area (Å²) in [4.78, 5) is 0. The van der Waals surface area contributed by atoms with Crippen LogP contribution in [0, 0.1) is 0 Å². The van der Waals surface area contributed by atoms with Crippen LogP contribution in [-0.2, 0) is 7.05 Å².